The maximum absolute atomic E-state index is 12.0. The fraction of sp³-hybridized carbons (Fsp3) is 0.900. The van der Waals surface area contributed by atoms with Gasteiger partial charge in [-0.05, 0) is 28.4 Å². The fourth-order valence-corrected chi connectivity index (χ4v) is 4.82. The number of quaternary nitrogens is 1. The van der Waals surface area contributed by atoms with Crippen molar-refractivity contribution in [2.24, 2.45) is 16.7 Å². The summed E-state index contributed by atoms with van der Waals surface area (Å²) in [5, 5.41) is 0. The lowest BCUT2D eigenvalue weighted by Gasteiger charge is -2.33. The molecular formula is C10H18NO4S+2. The lowest BCUT2D eigenvalue weighted by Crippen LogP contribution is -2.56. The van der Waals surface area contributed by atoms with Gasteiger partial charge < -0.3 is 0 Å². The summed E-state index contributed by atoms with van der Waals surface area (Å²) in [5.74, 6) is 3.13. The summed E-state index contributed by atoms with van der Waals surface area (Å²) >= 11 is 0. The number of hydrogen-bond acceptors (Lipinski definition) is 3. The zero-order valence-electron chi connectivity index (χ0n) is 9.65. The molecular weight excluding hydrogens is 230 g/mol. The van der Waals surface area contributed by atoms with Gasteiger partial charge in [-0.1, -0.05) is 13.8 Å². The summed E-state index contributed by atoms with van der Waals surface area (Å²) in [6.07, 6.45) is 2.11. The largest absolute Gasteiger partial charge is 0.449 e. The van der Waals surface area contributed by atoms with E-state index in [0.717, 1.165) is 6.42 Å². The van der Waals surface area contributed by atoms with Gasteiger partial charge >= 0.3 is 10.5 Å². The zero-order valence-corrected chi connectivity index (χ0v) is 10.5. The molecule has 5 nitrogen and oxygen atoms in total. The van der Waals surface area contributed by atoms with E-state index in [9.17, 15) is 13.6 Å². The first kappa shape index (κ1) is 12.2. The SMILES string of the molecule is CC1(C)C2CC[C@]1(C[S+]([O])(=O)O[NH3+])C(=O)C2. The predicted molar refractivity (Wildman–Crippen MR) is 56.1 cm³/mol. The van der Waals surface area contributed by atoms with Crippen LogP contribution in [0.4, 0.5) is 0 Å². The number of ketones is 1. The van der Waals surface area contributed by atoms with Gasteiger partial charge in [0, 0.05) is 10.7 Å². The van der Waals surface area contributed by atoms with Gasteiger partial charge in [0.25, 0.3) is 0 Å². The van der Waals surface area contributed by atoms with Crippen molar-refractivity contribution in [3.05, 3.63) is 0 Å². The second-order valence-electron chi connectivity index (χ2n) is 5.49. The van der Waals surface area contributed by atoms with E-state index in [2.05, 4.69) is 10.2 Å². The third-order valence-electron chi connectivity index (χ3n) is 4.74. The van der Waals surface area contributed by atoms with E-state index < -0.39 is 15.9 Å². The van der Waals surface area contributed by atoms with Crippen molar-refractivity contribution in [3.63, 3.8) is 0 Å². The lowest BCUT2D eigenvalue weighted by molar-refractivity contribution is -0.637. The predicted octanol–water partition coefficient (Wildman–Crippen LogP) is 0.315. The average Bonchev–Trinajstić information content (AvgIpc) is 2.51. The summed E-state index contributed by atoms with van der Waals surface area (Å²) in [5.41, 5.74) is -0.982. The number of fused-ring (bicyclic) bond motifs is 2. The highest BCUT2D eigenvalue weighted by molar-refractivity contribution is 7.92. The first-order valence-electron chi connectivity index (χ1n) is 5.45. The van der Waals surface area contributed by atoms with Crippen LogP contribution in [0.3, 0.4) is 0 Å². The minimum Gasteiger partial charge on any atom is -0.299 e. The molecule has 0 spiro atoms. The molecule has 1 radical (unpaired) electrons. The van der Waals surface area contributed by atoms with Crippen LogP contribution < -0.4 is 5.90 Å². The van der Waals surface area contributed by atoms with Crippen LogP contribution in [0, 0.1) is 16.7 Å². The van der Waals surface area contributed by atoms with Crippen molar-refractivity contribution in [2.75, 3.05) is 5.75 Å². The number of rotatable bonds is 3. The smallest absolute Gasteiger partial charge is 0.299 e. The number of carbonyl (C=O) groups is 1. The molecule has 0 aromatic carbocycles. The second kappa shape index (κ2) is 3.35. The molecule has 0 aromatic rings. The van der Waals surface area contributed by atoms with E-state index in [1.54, 1.807) is 0 Å². The summed E-state index contributed by atoms with van der Waals surface area (Å²) in [6.45, 7) is 3.99. The number of hydrogen-bond donors (Lipinski definition) is 1. The monoisotopic (exact) mass is 248 g/mol. The van der Waals surface area contributed by atoms with Crippen LogP contribution in [-0.2, 0) is 28.3 Å². The van der Waals surface area contributed by atoms with Crippen LogP contribution >= 0.6 is 0 Å². The van der Waals surface area contributed by atoms with Gasteiger partial charge in [0.2, 0.25) is 0 Å². The molecule has 6 heteroatoms. The minimum atomic E-state index is -3.68. The molecule has 2 aliphatic carbocycles. The van der Waals surface area contributed by atoms with Gasteiger partial charge in [0.15, 0.2) is 5.75 Å². The summed E-state index contributed by atoms with van der Waals surface area (Å²) in [7, 11) is -3.68. The molecule has 3 N–H and O–H groups in total. The van der Waals surface area contributed by atoms with E-state index in [4.69, 9.17) is 0 Å². The van der Waals surface area contributed by atoms with Crippen LogP contribution in [0.2, 0.25) is 0 Å². The number of carbonyl (C=O) groups excluding carboxylic acids is 1. The fourth-order valence-electron chi connectivity index (χ4n) is 3.45. The normalized spacial score (nSPS) is 40.0. The summed E-state index contributed by atoms with van der Waals surface area (Å²) in [4.78, 5) is 12.0. The minimum absolute atomic E-state index is 0.0781. The Balaban J connectivity index is 2.36. The topological polar surface area (TPSA) is 90.9 Å². The molecule has 2 bridgehead atoms. The van der Waals surface area contributed by atoms with Crippen molar-refractivity contribution in [2.45, 2.75) is 33.1 Å². The van der Waals surface area contributed by atoms with Crippen molar-refractivity contribution < 1.29 is 23.7 Å². The molecule has 0 aromatic heterocycles. The molecule has 91 valence electrons. The maximum Gasteiger partial charge on any atom is 0.449 e. The van der Waals surface area contributed by atoms with E-state index in [1.165, 1.54) is 0 Å². The first-order chi connectivity index (χ1) is 7.25. The van der Waals surface area contributed by atoms with Gasteiger partial charge in [-0.3, -0.25) is 4.79 Å². The third-order valence-corrected chi connectivity index (χ3v) is 5.95. The highest BCUT2D eigenvalue weighted by Gasteiger charge is 2.69. The Kier molecular flexibility index (Phi) is 2.55. The summed E-state index contributed by atoms with van der Waals surface area (Å²) < 4.78 is 27.3. The highest BCUT2D eigenvalue weighted by atomic mass is 32.3. The Morgan fingerprint density at radius 2 is 2.19 bits per heavy atom. The molecule has 0 saturated heterocycles. The van der Waals surface area contributed by atoms with E-state index in [1.807, 2.05) is 13.8 Å². The quantitative estimate of drug-likeness (QED) is 0.575. The molecule has 0 heterocycles. The van der Waals surface area contributed by atoms with Crippen molar-refractivity contribution in [3.8, 4) is 0 Å². The van der Waals surface area contributed by atoms with Gasteiger partial charge in [-0.15, -0.1) is 0 Å². The molecule has 2 aliphatic rings. The van der Waals surface area contributed by atoms with Crippen molar-refractivity contribution >= 4 is 16.3 Å². The van der Waals surface area contributed by atoms with Gasteiger partial charge in [0.1, 0.15) is 5.78 Å². The Labute approximate surface area is 96.1 Å². The Bertz CT molecular complexity index is 381. The van der Waals surface area contributed by atoms with E-state index in [0.29, 0.717) is 18.8 Å². The van der Waals surface area contributed by atoms with E-state index in [-0.39, 0.29) is 17.0 Å². The van der Waals surface area contributed by atoms with Crippen LogP contribution in [0.1, 0.15) is 33.1 Å². The lowest BCUT2D eigenvalue weighted by atomic mass is 9.70. The molecule has 2 unspecified atom stereocenters. The van der Waals surface area contributed by atoms with Gasteiger partial charge in [-0.2, -0.15) is 5.90 Å². The zero-order chi connectivity index (χ0) is 12.2. The van der Waals surface area contributed by atoms with Crippen LogP contribution in [0.5, 0.6) is 0 Å². The molecule has 2 saturated carbocycles. The van der Waals surface area contributed by atoms with Gasteiger partial charge in [0.05, 0.1) is 9.97 Å². The second-order valence-corrected chi connectivity index (χ2v) is 7.13. The van der Waals surface area contributed by atoms with Crippen molar-refractivity contribution in [1.82, 2.24) is 0 Å². The standard InChI is InChI=1S/C10H18NO4S/c1-9(2)7-3-4-10(9,8(12)5-7)6-16(13,14)15-11/h7H,3-6H2,1-2,11H3/q+2/t7?,10-/m0/s1. The first-order valence-corrected chi connectivity index (χ1v) is 7.02. The Morgan fingerprint density at radius 3 is 2.56 bits per heavy atom. The third kappa shape index (κ3) is 1.40. The molecule has 2 rings (SSSR count). The average molecular weight is 248 g/mol. The Hall–Kier alpha value is -0.300. The van der Waals surface area contributed by atoms with Crippen LogP contribution in [0.15, 0.2) is 0 Å². The molecule has 0 aliphatic heterocycles. The highest BCUT2D eigenvalue weighted by Crippen LogP contribution is 2.64. The summed E-state index contributed by atoms with van der Waals surface area (Å²) in [6, 6.07) is 0. The molecule has 16 heavy (non-hydrogen) atoms. The van der Waals surface area contributed by atoms with Crippen LogP contribution in [0.25, 0.3) is 0 Å². The molecule has 0 amide bonds. The maximum atomic E-state index is 12.0. The van der Waals surface area contributed by atoms with Crippen molar-refractivity contribution in [1.29, 1.82) is 0 Å². The van der Waals surface area contributed by atoms with E-state index >= 15 is 0 Å². The molecule has 3 atom stereocenters. The Morgan fingerprint density at radius 1 is 1.56 bits per heavy atom. The molecule has 2 fully saturated rings. The van der Waals surface area contributed by atoms with Gasteiger partial charge in [-0.25, -0.2) is 0 Å². The number of Topliss-reactive ketones (excluding diaryl/α,β-unsaturated/α-hetero) is 1. The van der Waals surface area contributed by atoms with Crippen LogP contribution in [-0.4, -0.2) is 11.5 Å².